The Morgan fingerprint density at radius 1 is 0.963 bits per heavy atom. The van der Waals surface area contributed by atoms with Gasteiger partial charge in [0, 0.05) is 50.5 Å². The number of rotatable bonds is 4. The first kappa shape index (κ1) is 17.6. The number of aromatic nitrogens is 2. The number of anilines is 1. The fourth-order valence-corrected chi connectivity index (χ4v) is 3.43. The van der Waals surface area contributed by atoms with Crippen molar-refractivity contribution in [3.8, 4) is 5.69 Å². The lowest BCUT2D eigenvalue weighted by molar-refractivity contribution is -0.130. The number of nitrogens with zero attached hydrogens (tertiary/aromatic N) is 4. The topological polar surface area (TPSA) is 41.4 Å². The van der Waals surface area contributed by atoms with E-state index in [0.29, 0.717) is 24.5 Å². The Bertz CT molecular complexity index is 883. The van der Waals surface area contributed by atoms with Crippen LogP contribution in [0.15, 0.2) is 67.1 Å². The van der Waals surface area contributed by atoms with E-state index in [9.17, 15) is 4.79 Å². The van der Waals surface area contributed by atoms with Gasteiger partial charge in [-0.3, -0.25) is 4.79 Å². The van der Waals surface area contributed by atoms with E-state index >= 15 is 0 Å². The minimum absolute atomic E-state index is 0.174. The number of carbonyl (C=O) groups is 1. The van der Waals surface area contributed by atoms with Crippen LogP contribution in [0.1, 0.15) is 5.56 Å². The van der Waals surface area contributed by atoms with Crippen molar-refractivity contribution in [2.45, 2.75) is 6.42 Å². The number of pyridine rings is 1. The second-order valence-corrected chi connectivity index (χ2v) is 7.07. The Morgan fingerprint density at radius 2 is 1.67 bits per heavy atom. The molecule has 0 saturated carbocycles. The summed E-state index contributed by atoms with van der Waals surface area (Å²) in [6.07, 6.45) is 6.11. The Kier molecular flexibility index (Phi) is 5.12. The second kappa shape index (κ2) is 7.84. The number of carbonyl (C=O) groups excluding carboxylic acids is 1. The van der Waals surface area contributed by atoms with Gasteiger partial charge in [-0.25, -0.2) is 4.98 Å². The van der Waals surface area contributed by atoms with Crippen LogP contribution in [0.4, 0.5) is 5.82 Å². The van der Waals surface area contributed by atoms with E-state index < -0.39 is 0 Å². The molecule has 0 aliphatic carbocycles. The Labute approximate surface area is 163 Å². The van der Waals surface area contributed by atoms with Gasteiger partial charge in [-0.1, -0.05) is 23.7 Å². The molecule has 6 heteroatoms. The van der Waals surface area contributed by atoms with Crippen molar-refractivity contribution >= 4 is 23.3 Å². The maximum Gasteiger partial charge on any atom is 0.227 e. The van der Waals surface area contributed by atoms with Crippen LogP contribution in [0.5, 0.6) is 0 Å². The summed E-state index contributed by atoms with van der Waals surface area (Å²) in [5.41, 5.74) is 2.14. The van der Waals surface area contributed by atoms with Crippen molar-refractivity contribution in [1.82, 2.24) is 14.5 Å². The maximum absolute atomic E-state index is 12.6. The number of benzene rings is 1. The van der Waals surface area contributed by atoms with Crippen LogP contribution in [0.3, 0.4) is 0 Å². The van der Waals surface area contributed by atoms with Crippen molar-refractivity contribution in [2.24, 2.45) is 0 Å². The van der Waals surface area contributed by atoms with E-state index in [0.717, 1.165) is 30.2 Å². The van der Waals surface area contributed by atoms with Crippen molar-refractivity contribution in [2.75, 3.05) is 31.1 Å². The van der Waals surface area contributed by atoms with Crippen LogP contribution in [0.2, 0.25) is 5.02 Å². The van der Waals surface area contributed by atoms with Gasteiger partial charge in [0.15, 0.2) is 0 Å². The van der Waals surface area contributed by atoms with E-state index in [4.69, 9.17) is 11.6 Å². The van der Waals surface area contributed by atoms with Crippen molar-refractivity contribution in [3.05, 3.63) is 77.7 Å². The predicted molar refractivity (Wildman–Crippen MR) is 108 cm³/mol. The summed E-state index contributed by atoms with van der Waals surface area (Å²) in [4.78, 5) is 21.1. The first-order valence-corrected chi connectivity index (χ1v) is 9.43. The van der Waals surface area contributed by atoms with Gasteiger partial charge >= 0.3 is 0 Å². The average molecular weight is 381 g/mol. The molecule has 1 fully saturated rings. The molecule has 27 heavy (non-hydrogen) atoms. The molecule has 3 heterocycles. The molecule has 0 atom stereocenters. The van der Waals surface area contributed by atoms with Crippen molar-refractivity contribution < 1.29 is 4.79 Å². The third-order valence-electron chi connectivity index (χ3n) is 4.86. The maximum atomic E-state index is 12.6. The fraction of sp³-hybridized carbons (Fsp3) is 0.238. The molecular formula is C21H21ClN4O. The predicted octanol–water partition coefficient (Wildman–Crippen LogP) is 3.42. The van der Waals surface area contributed by atoms with Crippen LogP contribution < -0.4 is 4.90 Å². The molecule has 1 aromatic carbocycles. The quantitative estimate of drug-likeness (QED) is 0.696. The van der Waals surface area contributed by atoms with Gasteiger partial charge < -0.3 is 14.4 Å². The van der Waals surface area contributed by atoms with Crippen molar-refractivity contribution in [1.29, 1.82) is 0 Å². The van der Waals surface area contributed by atoms with E-state index in [1.165, 1.54) is 0 Å². The van der Waals surface area contributed by atoms with Gasteiger partial charge in [0.05, 0.1) is 11.4 Å². The summed E-state index contributed by atoms with van der Waals surface area (Å²) in [5, 5.41) is 0.635. The first-order chi connectivity index (χ1) is 13.2. The van der Waals surface area contributed by atoms with Gasteiger partial charge in [0.1, 0.15) is 5.82 Å². The fourth-order valence-electron chi connectivity index (χ4n) is 3.32. The Morgan fingerprint density at radius 3 is 2.30 bits per heavy atom. The standard InChI is InChI=1S/C21H21ClN4O/c22-18-5-8-20(23-16-18)25-11-13-26(14-12-25)21(27)15-17-3-6-19(7-4-17)24-9-1-2-10-24/h1-10,16H,11-15H2. The number of amides is 1. The third-order valence-corrected chi connectivity index (χ3v) is 5.09. The van der Waals surface area contributed by atoms with E-state index in [2.05, 4.69) is 14.5 Å². The van der Waals surface area contributed by atoms with E-state index in [1.807, 2.05) is 65.8 Å². The molecule has 1 aliphatic heterocycles. The number of hydrogen-bond acceptors (Lipinski definition) is 3. The average Bonchev–Trinajstić information content (AvgIpc) is 3.24. The lowest BCUT2D eigenvalue weighted by Gasteiger charge is -2.35. The summed E-state index contributed by atoms with van der Waals surface area (Å²) in [7, 11) is 0. The lowest BCUT2D eigenvalue weighted by Crippen LogP contribution is -2.49. The monoisotopic (exact) mass is 380 g/mol. The van der Waals surface area contributed by atoms with Crippen LogP contribution >= 0.6 is 11.6 Å². The second-order valence-electron chi connectivity index (χ2n) is 6.64. The van der Waals surface area contributed by atoms with Gasteiger partial charge in [0.25, 0.3) is 0 Å². The smallest absolute Gasteiger partial charge is 0.227 e. The zero-order valence-electron chi connectivity index (χ0n) is 15.0. The molecule has 0 spiro atoms. The molecule has 3 aromatic rings. The zero-order chi connectivity index (χ0) is 18.6. The minimum atomic E-state index is 0.174. The summed E-state index contributed by atoms with van der Waals surface area (Å²) in [5.74, 6) is 1.08. The Hall–Kier alpha value is -2.79. The van der Waals surface area contributed by atoms with E-state index in [1.54, 1.807) is 6.20 Å². The van der Waals surface area contributed by atoms with Crippen LogP contribution in [0, 0.1) is 0 Å². The molecule has 1 aliphatic rings. The highest BCUT2D eigenvalue weighted by Crippen LogP contribution is 2.17. The Balaban J connectivity index is 1.32. The van der Waals surface area contributed by atoms with Crippen LogP contribution in [-0.4, -0.2) is 46.5 Å². The molecule has 138 valence electrons. The van der Waals surface area contributed by atoms with Gasteiger partial charge in [0.2, 0.25) is 5.91 Å². The van der Waals surface area contributed by atoms with E-state index in [-0.39, 0.29) is 5.91 Å². The number of hydrogen-bond donors (Lipinski definition) is 0. The summed E-state index contributed by atoms with van der Waals surface area (Å²) < 4.78 is 2.05. The molecule has 0 bridgehead atoms. The molecule has 0 unspecified atom stereocenters. The van der Waals surface area contributed by atoms with Gasteiger partial charge in [-0.05, 0) is 42.0 Å². The van der Waals surface area contributed by atoms with Crippen molar-refractivity contribution in [3.63, 3.8) is 0 Å². The minimum Gasteiger partial charge on any atom is -0.353 e. The number of halogens is 1. The SMILES string of the molecule is O=C(Cc1ccc(-n2cccc2)cc1)N1CCN(c2ccc(Cl)cn2)CC1. The molecule has 0 N–H and O–H groups in total. The lowest BCUT2D eigenvalue weighted by atomic mass is 10.1. The normalized spacial score (nSPS) is 14.4. The highest BCUT2D eigenvalue weighted by molar-refractivity contribution is 6.30. The third kappa shape index (κ3) is 4.14. The molecule has 0 radical (unpaired) electrons. The van der Waals surface area contributed by atoms with Crippen LogP contribution in [0.25, 0.3) is 5.69 Å². The summed E-state index contributed by atoms with van der Waals surface area (Å²) in [6, 6.07) is 15.9. The highest BCUT2D eigenvalue weighted by atomic mass is 35.5. The molecule has 2 aromatic heterocycles. The molecular weight excluding hydrogens is 360 g/mol. The van der Waals surface area contributed by atoms with Crippen LogP contribution in [-0.2, 0) is 11.2 Å². The molecule has 5 nitrogen and oxygen atoms in total. The molecule has 4 rings (SSSR count). The molecule has 1 saturated heterocycles. The first-order valence-electron chi connectivity index (χ1n) is 9.05. The van der Waals surface area contributed by atoms with Gasteiger partial charge in [-0.15, -0.1) is 0 Å². The zero-order valence-corrected chi connectivity index (χ0v) is 15.7. The number of piperazine rings is 1. The summed E-state index contributed by atoms with van der Waals surface area (Å²) >= 11 is 5.90. The largest absolute Gasteiger partial charge is 0.353 e. The highest BCUT2D eigenvalue weighted by Gasteiger charge is 2.21. The van der Waals surface area contributed by atoms with Gasteiger partial charge in [-0.2, -0.15) is 0 Å². The molecule has 1 amide bonds. The summed E-state index contributed by atoms with van der Waals surface area (Å²) in [6.45, 7) is 3.00.